The van der Waals surface area contributed by atoms with Gasteiger partial charge in [-0.2, -0.15) is 0 Å². The summed E-state index contributed by atoms with van der Waals surface area (Å²) in [5.41, 5.74) is 1.70. The molecular weight excluding hydrogens is 327 g/mol. The Morgan fingerprint density at radius 1 is 1.09 bits per heavy atom. The standard InChI is InChI=1S/C15H8Cl2N2O3/c16-9-2-4-14(19(21)22)8(5-9)6-12-11-3-1-10(17)7-13(11)18-15(12)20/h1-7H,(H,18,20)/b12-6+. The van der Waals surface area contributed by atoms with Crippen molar-refractivity contribution in [3.63, 3.8) is 0 Å². The van der Waals surface area contributed by atoms with E-state index in [1.165, 1.54) is 24.3 Å². The maximum atomic E-state index is 12.1. The monoisotopic (exact) mass is 334 g/mol. The molecule has 0 unspecified atom stereocenters. The average molecular weight is 335 g/mol. The molecule has 0 fully saturated rings. The largest absolute Gasteiger partial charge is 0.321 e. The molecule has 1 amide bonds. The first-order valence-electron chi connectivity index (χ1n) is 6.22. The molecule has 0 saturated heterocycles. The van der Waals surface area contributed by atoms with E-state index >= 15 is 0 Å². The Morgan fingerprint density at radius 2 is 1.77 bits per heavy atom. The van der Waals surface area contributed by atoms with Crippen LogP contribution >= 0.6 is 23.2 Å². The average Bonchev–Trinajstić information content (AvgIpc) is 2.74. The van der Waals surface area contributed by atoms with E-state index in [4.69, 9.17) is 23.2 Å². The van der Waals surface area contributed by atoms with Gasteiger partial charge in [0, 0.05) is 27.2 Å². The first-order valence-corrected chi connectivity index (χ1v) is 6.98. The fraction of sp³-hybridized carbons (Fsp3) is 0. The van der Waals surface area contributed by atoms with Gasteiger partial charge < -0.3 is 5.32 Å². The molecule has 110 valence electrons. The van der Waals surface area contributed by atoms with Gasteiger partial charge in [0.15, 0.2) is 0 Å². The highest BCUT2D eigenvalue weighted by Gasteiger charge is 2.25. The van der Waals surface area contributed by atoms with Crippen molar-refractivity contribution in [1.29, 1.82) is 0 Å². The highest BCUT2D eigenvalue weighted by Crippen LogP contribution is 2.36. The number of rotatable bonds is 2. The van der Waals surface area contributed by atoms with Gasteiger partial charge in [-0.05, 0) is 30.3 Å². The number of benzene rings is 2. The van der Waals surface area contributed by atoms with Gasteiger partial charge in [-0.1, -0.05) is 29.3 Å². The van der Waals surface area contributed by atoms with E-state index in [1.54, 1.807) is 18.2 Å². The van der Waals surface area contributed by atoms with Crippen LogP contribution in [0.5, 0.6) is 0 Å². The van der Waals surface area contributed by atoms with E-state index in [0.29, 0.717) is 26.9 Å². The van der Waals surface area contributed by atoms with Crippen molar-refractivity contribution in [1.82, 2.24) is 0 Å². The van der Waals surface area contributed by atoms with Crippen LogP contribution in [0.1, 0.15) is 11.1 Å². The van der Waals surface area contributed by atoms with Gasteiger partial charge in [0.05, 0.1) is 16.2 Å². The Kier molecular flexibility index (Phi) is 3.60. The summed E-state index contributed by atoms with van der Waals surface area (Å²) in [6.45, 7) is 0. The topological polar surface area (TPSA) is 72.2 Å². The molecule has 0 radical (unpaired) electrons. The molecule has 0 atom stereocenters. The Morgan fingerprint density at radius 3 is 2.50 bits per heavy atom. The number of carbonyl (C=O) groups is 1. The van der Waals surface area contributed by atoms with Crippen LogP contribution in [-0.4, -0.2) is 10.8 Å². The molecule has 1 aliphatic rings. The van der Waals surface area contributed by atoms with Crippen LogP contribution in [0.25, 0.3) is 11.6 Å². The summed E-state index contributed by atoms with van der Waals surface area (Å²) in [4.78, 5) is 22.7. The first kappa shape index (κ1) is 14.6. The SMILES string of the molecule is O=C1Nc2cc(Cl)ccc2/C1=C\c1cc(Cl)ccc1[N+](=O)[O-]. The number of nitrogens with zero attached hydrogens (tertiary/aromatic N) is 1. The zero-order valence-corrected chi connectivity index (χ0v) is 12.5. The molecular formula is C15H8Cl2N2O3. The van der Waals surface area contributed by atoms with Crippen LogP contribution < -0.4 is 5.32 Å². The van der Waals surface area contributed by atoms with Gasteiger partial charge in [-0.25, -0.2) is 0 Å². The van der Waals surface area contributed by atoms with E-state index in [1.807, 2.05) is 0 Å². The fourth-order valence-corrected chi connectivity index (χ4v) is 2.63. The zero-order valence-electron chi connectivity index (χ0n) is 11.0. The normalized spacial score (nSPS) is 14.8. The number of halogens is 2. The smallest absolute Gasteiger partial charge is 0.276 e. The molecule has 5 nitrogen and oxygen atoms in total. The number of amides is 1. The highest BCUT2D eigenvalue weighted by molar-refractivity contribution is 6.37. The molecule has 0 spiro atoms. The summed E-state index contributed by atoms with van der Waals surface area (Å²) < 4.78 is 0. The number of fused-ring (bicyclic) bond motifs is 1. The number of nitrogens with one attached hydrogen (secondary N) is 1. The fourth-order valence-electron chi connectivity index (χ4n) is 2.27. The Bertz CT molecular complexity index is 847. The minimum atomic E-state index is -0.516. The van der Waals surface area contributed by atoms with E-state index < -0.39 is 4.92 Å². The summed E-state index contributed by atoms with van der Waals surface area (Å²) in [7, 11) is 0. The van der Waals surface area contributed by atoms with Crippen LogP contribution in [0.4, 0.5) is 11.4 Å². The maximum absolute atomic E-state index is 12.1. The Labute approximate surface area is 135 Å². The van der Waals surface area contributed by atoms with Gasteiger partial charge in [0.25, 0.3) is 11.6 Å². The molecule has 0 bridgehead atoms. The van der Waals surface area contributed by atoms with Gasteiger partial charge in [0.1, 0.15) is 0 Å². The number of carbonyl (C=O) groups excluding carboxylic acids is 1. The van der Waals surface area contributed by atoms with E-state index in [2.05, 4.69) is 5.32 Å². The second-order valence-electron chi connectivity index (χ2n) is 4.66. The summed E-state index contributed by atoms with van der Waals surface area (Å²) in [6.07, 6.45) is 1.46. The lowest BCUT2D eigenvalue weighted by Crippen LogP contribution is -2.03. The Balaban J connectivity index is 2.16. The van der Waals surface area contributed by atoms with Gasteiger partial charge in [0.2, 0.25) is 0 Å². The van der Waals surface area contributed by atoms with Gasteiger partial charge >= 0.3 is 0 Å². The summed E-state index contributed by atoms with van der Waals surface area (Å²) in [5.74, 6) is -0.341. The van der Waals surface area contributed by atoms with Crippen molar-refractivity contribution >= 4 is 52.1 Å². The van der Waals surface area contributed by atoms with E-state index in [0.717, 1.165) is 0 Å². The summed E-state index contributed by atoms with van der Waals surface area (Å²) in [6, 6.07) is 9.17. The lowest BCUT2D eigenvalue weighted by molar-refractivity contribution is -0.385. The lowest BCUT2D eigenvalue weighted by Gasteiger charge is -2.01. The minimum absolute atomic E-state index is 0.118. The molecule has 1 N–H and O–H groups in total. The third-order valence-electron chi connectivity index (χ3n) is 3.25. The molecule has 22 heavy (non-hydrogen) atoms. The van der Waals surface area contributed by atoms with Crippen molar-refractivity contribution in [2.24, 2.45) is 0 Å². The third-order valence-corrected chi connectivity index (χ3v) is 3.72. The van der Waals surface area contributed by atoms with Gasteiger partial charge in [-0.3, -0.25) is 14.9 Å². The highest BCUT2D eigenvalue weighted by atomic mass is 35.5. The molecule has 0 saturated carbocycles. The molecule has 3 rings (SSSR count). The molecule has 2 aromatic rings. The number of anilines is 1. The van der Waals surface area contributed by atoms with Crippen LogP contribution in [0.3, 0.4) is 0 Å². The Hall–Kier alpha value is -2.37. The van der Waals surface area contributed by atoms with E-state index in [9.17, 15) is 14.9 Å². The maximum Gasteiger partial charge on any atom is 0.276 e. The summed E-state index contributed by atoms with van der Waals surface area (Å²) >= 11 is 11.8. The molecule has 0 aliphatic carbocycles. The second kappa shape index (κ2) is 5.44. The molecule has 7 heteroatoms. The zero-order chi connectivity index (χ0) is 15.9. The third kappa shape index (κ3) is 2.56. The van der Waals surface area contributed by atoms with Crippen LogP contribution in [0, 0.1) is 10.1 Å². The number of hydrogen-bond acceptors (Lipinski definition) is 3. The lowest BCUT2D eigenvalue weighted by atomic mass is 10.0. The second-order valence-corrected chi connectivity index (χ2v) is 5.54. The van der Waals surface area contributed by atoms with Gasteiger partial charge in [-0.15, -0.1) is 0 Å². The summed E-state index contributed by atoms with van der Waals surface area (Å²) in [5, 5.41) is 14.6. The van der Waals surface area contributed by atoms with Crippen LogP contribution in [0.2, 0.25) is 10.0 Å². The van der Waals surface area contributed by atoms with Crippen LogP contribution in [0.15, 0.2) is 36.4 Å². The first-order chi connectivity index (χ1) is 10.5. The number of hydrogen-bond donors (Lipinski definition) is 1. The minimum Gasteiger partial charge on any atom is -0.321 e. The van der Waals surface area contributed by atoms with E-state index in [-0.39, 0.29) is 17.2 Å². The van der Waals surface area contributed by atoms with Crippen molar-refractivity contribution in [3.8, 4) is 0 Å². The molecule has 2 aromatic carbocycles. The van der Waals surface area contributed by atoms with Crippen molar-refractivity contribution < 1.29 is 9.72 Å². The predicted molar refractivity (Wildman–Crippen MR) is 86.1 cm³/mol. The van der Waals surface area contributed by atoms with Crippen molar-refractivity contribution in [3.05, 3.63) is 67.7 Å². The number of nitro benzene ring substituents is 1. The number of nitro groups is 1. The predicted octanol–water partition coefficient (Wildman–Crippen LogP) is 4.39. The quantitative estimate of drug-likeness (QED) is 0.502. The van der Waals surface area contributed by atoms with Crippen LogP contribution in [-0.2, 0) is 4.79 Å². The molecule has 1 aliphatic heterocycles. The van der Waals surface area contributed by atoms with Crippen molar-refractivity contribution in [2.75, 3.05) is 5.32 Å². The molecule has 0 aromatic heterocycles. The van der Waals surface area contributed by atoms with Crippen molar-refractivity contribution in [2.45, 2.75) is 0 Å². The molecule has 1 heterocycles.